The van der Waals surface area contributed by atoms with Crippen LogP contribution in [0.3, 0.4) is 0 Å². The summed E-state index contributed by atoms with van der Waals surface area (Å²) < 4.78 is 2.35. The quantitative estimate of drug-likeness (QED) is 0.167. The molecule has 13 rings (SSSR count). The largest absolute Gasteiger partial charge is 0.277 e. The summed E-state index contributed by atoms with van der Waals surface area (Å²) in [5.74, 6) is 0.644. The van der Waals surface area contributed by atoms with E-state index in [-0.39, 0.29) is 0 Å². The lowest BCUT2D eigenvalue weighted by Crippen LogP contribution is -2.04. The topological polar surface area (TPSA) is 30.7 Å². The fraction of sp³-hybridized carbons (Fsp3) is 0. The van der Waals surface area contributed by atoms with E-state index < -0.39 is 0 Å². The molecule has 0 radical (unpaired) electrons. The van der Waals surface area contributed by atoms with Crippen LogP contribution in [-0.4, -0.2) is 14.5 Å². The molecule has 0 atom stereocenters. The predicted octanol–water partition coefficient (Wildman–Crippen LogP) is 15.5. The maximum Gasteiger partial charge on any atom is 0.235 e. The molecule has 2 heterocycles. The van der Waals surface area contributed by atoms with Crippen molar-refractivity contribution in [3.8, 4) is 39.5 Å². The number of aromatic nitrogens is 3. The van der Waals surface area contributed by atoms with Crippen molar-refractivity contribution in [2.24, 2.45) is 0 Å². The molecule has 0 aliphatic rings. The molecule has 0 spiro atoms. The highest BCUT2D eigenvalue weighted by atomic mass is 15.2. The highest BCUT2D eigenvalue weighted by Crippen LogP contribution is 2.45. The van der Waals surface area contributed by atoms with Crippen LogP contribution in [0.1, 0.15) is 0 Å². The van der Waals surface area contributed by atoms with Crippen LogP contribution in [-0.2, 0) is 0 Å². The zero-order valence-electron chi connectivity index (χ0n) is 33.0. The SMILES string of the molecule is c1ccc(-c2cc(-c3ccccc3)cc(-c3nc(-n4c5ccc6c7ccccc7c7ccccc7c6c5c5ccc6ccccc6c54)nc4c3ccc3ccccc34)c2)cc1. The van der Waals surface area contributed by atoms with Crippen LogP contribution >= 0.6 is 0 Å². The van der Waals surface area contributed by atoms with Gasteiger partial charge in [-0.15, -0.1) is 0 Å². The van der Waals surface area contributed by atoms with Crippen molar-refractivity contribution >= 4 is 86.6 Å². The van der Waals surface area contributed by atoms with Gasteiger partial charge in [-0.1, -0.05) is 182 Å². The molecule has 0 unspecified atom stereocenters. The molecule has 0 amide bonds. The summed E-state index contributed by atoms with van der Waals surface area (Å²) in [6.45, 7) is 0. The summed E-state index contributed by atoms with van der Waals surface area (Å²) in [4.78, 5) is 11.4. The van der Waals surface area contributed by atoms with E-state index in [4.69, 9.17) is 9.97 Å². The molecule has 0 aliphatic carbocycles. The smallest absolute Gasteiger partial charge is 0.235 e. The molecular weight excluding hydrogens is 739 g/mol. The van der Waals surface area contributed by atoms with Crippen molar-refractivity contribution < 1.29 is 0 Å². The lowest BCUT2D eigenvalue weighted by molar-refractivity contribution is 1.02. The van der Waals surface area contributed by atoms with Crippen LogP contribution in [0.4, 0.5) is 0 Å². The van der Waals surface area contributed by atoms with Crippen molar-refractivity contribution in [3.63, 3.8) is 0 Å². The maximum atomic E-state index is 5.74. The predicted molar refractivity (Wildman–Crippen MR) is 258 cm³/mol. The minimum atomic E-state index is 0.644. The van der Waals surface area contributed by atoms with E-state index in [2.05, 4.69) is 217 Å². The van der Waals surface area contributed by atoms with Gasteiger partial charge in [0.05, 0.1) is 22.2 Å². The standard InChI is InChI=1S/C58H35N3/c1-3-15-36(16-4-1)40-33-41(37-17-5-2-6-18-37)35-42(34-40)55-51-30-28-38-19-7-9-21-43(38)56(51)60-58(59-55)61-52-32-31-49-47-25-12-11-23-45(47)46-24-13-14-26-48(46)53(49)54(52)50-29-27-39-20-8-10-22-44(39)57(50)61/h1-35H. The summed E-state index contributed by atoms with van der Waals surface area (Å²) in [6, 6.07) is 76.8. The Kier molecular flexibility index (Phi) is 7.31. The Hall–Kier alpha value is -8.14. The second-order valence-electron chi connectivity index (χ2n) is 16.1. The molecule has 2 aromatic heterocycles. The van der Waals surface area contributed by atoms with E-state index in [0.29, 0.717) is 5.95 Å². The van der Waals surface area contributed by atoms with E-state index in [0.717, 1.165) is 71.6 Å². The van der Waals surface area contributed by atoms with Gasteiger partial charge in [-0.3, -0.25) is 4.57 Å². The zero-order valence-corrected chi connectivity index (χ0v) is 33.0. The number of fused-ring (bicyclic) bond motifs is 15. The van der Waals surface area contributed by atoms with Crippen LogP contribution in [0.5, 0.6) is 0 Å². The molecule has 3 heteroatoms. The maximum absolute atomic E-state index is 5.74. The molecular formula is C58H35N3. The van der Waals surface area contributed by atoms with Crippen molar-refractivity contribution in [2.45, 2.75) is 0 Å². The first-order valence-electron chi connectivity index (χ1n) is 20.9. The van der Waals surface area contributed by atoms with Gasteiger partial charge in [0.15, 0.2) is 0 Å². The van der Waals surface area contributed by atoms with Gasteiger partial charge in [-0.2, -0.15) is 0 Å². The van der Waals surface area contributed by atoms with Gasteiger partial charge < -0.3 is 0 Å². The van der Waals surface area contributed by atoms with Gasteiger partial charge in [0.25, 0.3) is 0 Å². The Morgan fingerprint density at radius 2 is 0.770 bits per heavy atom. The molecule has 0 N–H and O–H groups in total. The zero-order chi connectivity index (χ0) is 40.0. The molecule has 0 saturated carbocycles. The molecule has 13 aromatic rings. The molecule has 11 aromatic carbocycles. The molecule has 3 nitrogen and oxygen atoms in total. The Morgan fingerprint density at radius 1 is 0.295 bits per heavy atom. The van der Waals surface area contributed by atoms with Crippen molar-refractivity contribution in [2.75, 3.05) is 0 Å². The third-order valence-electron chi connectivity index (χ3n) is 12.7. The van der Waals surface area contributed by atoms with E-state index in [1.807, 2.05) is 0 Å². The first kappa shape index (κ1) is 33.8. The van der Waals surface area contributed by atoms with Crippen LogP contribution < -0.4 is 0 Å². The first-order valence-corrected chi connectivity index (χ1v) is 20.9. The second kappa shape index (κ2) is 13.2. The average molecular weight is 774 g/mol. The Balaban J connectivity index is 1.21. The Bertz CT molecular complexity index is 3830. The van der Waals surface area contributed by atoms with Gasteiger partial charge in [0.1, 0.15) is 0 Å². The van der Waals surface area contributed by atoms with Gasteiger partial charge >= 0.3 is 0 Å². The summed E-state index contributed by atoms with van der Waals surface area (Å²) in [6.07, 6.45) is 0. The molecule has 61 heavy (non-hydrogen) atoms. The second-order valence-corrected chi connectivity index (χ2v) is 16.1. The monoisotopic (exact) mass is 773 g/mol. The van der Waals surface area contributed by atoms with E-state index >= 15 is 0 Å². The van der Waals surface area contributed by atoms with Gasteiger partial charge in [-0.05, 0) is 90.3 Å². The normalized spacial score (nSPS) is 11.9. The minimum Gasteiger partial charge on any atom is -0.277 e. The highest BCUT2D eigenvalue weighted by Gasteiger charge is 2.23. The first-order chi connectivity index (χ1) is 30.3. The summed E-state index contributed by atoms with van der Waals surface area (Å²) in [7, 11) is 0. The lowest BCUT2D eigenvalue weighted by Gasteiger charge is -2.16. The van der Waals surface area contributed by atoms with Crippen LogP contribution in [0.2, 0.25) is 0 Å². The van der Waals surface area contributed by atoms with Crippen molar-refractivity contribution in [1.29, 1.82) is 0 Å². The molecule has 0 fully saturated rings. The fourth-order valence-electron chi connectivity index (χ4n) is 10.0. The fourth-order valence-corrected chi connectivity index (χ4v) is 10.0. The van der Waals surface area contributed by atoms with Crippen molar-refractivity contribution in [3.05, 3.63) is 212 Å². The number of benzene rings is 11. The van der Waals surface area contributed by atoms with E-state index in [1.54, 1.807) is 0 Å². The summed E-state index contributed by atoms with van der Waals surface area (Å²) in [5.41, 5.74) is 9.64. The number of hydrogen-bond donors (Lipinski definition) is 0. The van der Waals surface area contributed by atoms with Crippen LogP contribution in [0.15, 0.2) is 212 Å². The van der Waals surface area contributed by atoms with E-state index in [9.17, 15) is 0 Å². The highest BCUT2D eigenvalue weighted by molar-refractivity contribution is 6.36. The third kappa shape index (κ3) is 5.11. The Labute approximate surface area is 351 Å². The molecule has 0 aliphatic heterocycles. The molecule has 0 bridgehead atoms. The molecule has 282 valence electrons. The third-order valence-corrected chi connectivity index (χ3v) is 12.7. The lowest BCUT2D eigenvalue weighted by atomic mass is 9.91. The van der Waals surface area contributed by atoms with Crippen LogP contribution in [0.25, 0.3) is 126 Å². The van der Waals surface area contributed by atoms with Gasteiger partial charge in [0.2, 0.25) is 5.95 Å². The summed E-state index contributed by atoms with van der Waals surface area (Å²) in [5, 5.41) is 15.5. The number of nitrogens with zero attached hydrogens (tertiary/aromatic N) is 3. The van der Waals surface area contributed by atoms with E-state index in [1.165, 1.54) is 48.5 Å². The van der Waals surface area contributed by atoms with Gasteiger partial charge in [-0.25, -0.2) is 9.97 Å². The van der Waals surface area contributed by atoms with Crippen LogP contribution in [0, 0.1) is 0 Å². The molecule has 0 saturated heterocycles. The Morgan fingerprint density at radius 3 is 1.43 bits per heavy atom. The minimum absolute atomic E-state index is 0.644. The summed E-state index contributed by atoms with van der Waals surface area (Å²) >= 11 is 0. The van der Waals surface area contributed by atoms with Gasteiger partial charge in [0, 0.05) is 37.9 Å². The number of rotatable bonds is 4. The van der Waals surface area contributed by atoms with Crippen molar-refractivity contribution in [1.82, 2.24) is 14.5 Å². The average Bonchev–Trinajstić information content (AvgIpc) is 3.69. The number of hydrogen-bond acceptors (Lipinski definition) is 2.